The van der Waals surface area contributed by atoms with E-state index in [9.17, 15) is 9.18 Å². The molecule has 40 heavy (non-hydrogen) atoms. The minimum atomic E-state index is -0.419. The molecular formula is C32H43FN4O3. The topological polar surface area (TPSA) is 59.8 Å². The summed E-state index contributed by atoms with van der Waals surface area (Å²) in [5, 5.41) is 1.18. The van der Waals surface area contributed by atoms with Gasteiger partial charge in [-0.3, -0.25) is 9.78 Å². The van der Waals surface area contributed by atoms with E-state index in [0.29, 0.717) is 36.4 Å². The van der Waals surface area contributed by atoms with Gasteiger partial charge in [0.2, 0.25) is 0 Å². The fourth-order valence-electron chi connectivity index (χ4n) is 6.33. The fourth-order valence-corrected chi connectivity index (χ4v) is 6.33. The van der Waals surface area contributed by atoms with Gasteiger partial charge >= 0.3 is 0 Å². The Bertz CT molecular complexity index is 1330. The summed E-state index contributed by atoms with van der Waals surface area (Å²) in [6.45, 7) is 11.9. The van der Waals surface area contributed by atoms with E-state index in [4.69, 9.17) is 9.47 Å². The predicted octanol–water partition coefficient (Wildman–Crippen LogP) is 5.75. The summed E-state index contributed by atoms with van der Waals surface area (Å²) in [6.07, 6.45) is 11.1. The molecule has 0 bridgehead atoms. The Morgan fingerprint density at radius 1 is 1.23 bits per heavy atom. The average molecular weight is 551 g/mol. The normalized spacial score (nSPS) is 19.2. The van der Waals surface area contributed by atoms with Gasteiger partial charge in [-0.2, -0.15) is 0 Å². The number of aryl methyl sites for hydroxylation is 1. The van der Waals surface area contributed by atoms with Gasteiger partial charge in [-0.25, -0.2) is 4.39 Å². The fraction of sp³-hybridized carbons (Fsp3) is 0.562. The zero-order valence-corrected chi connectivity index (χ0v) is 24.5. The molecule has 2 saturated heterocycles. The van der Waals surface area contributed by atoms with Crippen LogP contribution in [0.3, 0.4) is 0 Å². The van der Waals surface area contributed by atoms with Crippen LogP contribution >= 0.6 is 0 Å². The highest BCUT2D eigenvalue weighted by atomic mass is 19.1. The zero-order valence-electron chi connectivity index (χ0n) is 24.5. The highest BCUT2D eigenvalue weighted by molar-refractivity contribution is 5.99. The van der Waals surface area contributed by atoms with E-state index in [-0.39, 0.29) is 18.2 Å². The molecule has 2 aromatic heterocycles. The van der Waals surface area contributed by atoms with Gasteiger partial charge in [0.1, 0.15) is 5.82 Å². The molecule has 3 aromatic rings. The maximum atomic E-state index is 14.4. The summed E-state index contributed by atoms with van der Waals surface area (Å²) in [5.41, 5.74) is 4.34. The number of likely N-dealkylation sites (tertiary alicyclic amines) is 1. The monoisotopic (exact) mass is 550 g/mol. The number of hydrogen-bond acceptors (Lipinski definition) is 5. The van der Waals surface area contributed by atoms with E-state index in [0.717, 1.165) is 56.3 Å². The molecule has 1 aromatic carbocycles. The summed E-state index contributed by atoms with van der Waals surface area (Å²) >= 11 is 0. The molecule has 1 unspecified atom stereocenters. The number of pyridine rings is 1. The Morgan fingerprint density at radius 2 is 2.00 bits per heavy atom. The van der Waals surface area contributed by atoms with Crippen molar-refractivity contribution < 1.29 is 18.7 Å². The number of nitrogens with zero attached hydrogens (tertiary/aromatic N) is 4. The summed E-state index contributed by atoms with van der Waals surface area (Å²) in [7, 11) is 1.76. The van der Waals surface area contributed by atoms with Gasteiger partial charge in [-0.1, -0.05) is 6.92 Å². The van der Waals surface area contributed by atoms with Crippen LogP contribution in [0, 0.1) is 18.7 Å². The first-order chi connectivity index (χ1) is 19.3. The number of carbonyl (C=O) groups is 1. The lowest BCUT2D eigenvalue weighted by Crippen LogP contribution is -2.34. The molecule has 2 atom stereocenters. The Balaban J connectivity index is 1.40. The van der Waals surface area contributed by atoms with E-state index in [1.807, 2.05) is 30.8 Å². The van der Waals surface area contributed by atoms with Gasteiger partial charge in [0, 0.05) is 43.5 Å². The van der Waals surface area contributed by atoms with Crippen molar-refractivity contribution >= 4 is 16.8 Å². The molecule has 2 aliphatic rings. The minimum absolute atomic E-state index is 0.0000270. The number of hydrogen-bond donors (Lipinski definition) is 0. The first-order valence-electron chi connectivity index (χ1n) is 14.8. The van der Waals surface area contributed by atoms with Gasteiger partial charge in [0.15, 0.2) is 6.29 Å². The lowest BCUT2D eigenvalue weighted by atomic mass is 9.97. The van der Waals surface area contributed by atoms with Crippen molar-refractivity contribution in [3.63, 3.8) is 0 Å². The molecule has 0 radical (unpaired) electrons. The van der Waals surface area contributed by atoms with Crippen LogP contribution in [0.5, 0.6) is 0 Å². The lowest BCUT2D eigenvalue weighted by Gasteiger charge is -2.27. The van der Waals surface area contributed by atoms with E-state index >= 15 is 0 Å². The predicted molar refractivity (Wildman–Crippen MR) is 155 cm³/mol. The summed E-state index contributed by atoms with van der Waals surface area (Å²) in [5.74, 6) is -0.0715. The van der Waals surface area contributed by atoms with Gasteiger partial charge in [0.25, 0.3) is 5.91 Å². The van der Waals surface area contributed by atoms with Gasteiger partial charge < -0.3 is 23.8 Å². The van der Waals surface area contributed by atoms with Crippen LogP contribution in [-0.4, -0.2) is 77.0 Å². The maximum absolute atomic E-state index is 14.4. The number of carbonyl (C=O) groups excluding carboxylic acids is 1. The van der Waals surface area contributed by atoms with Crippen LogP contribution in [-0.2, 0) is 15.9 Å². The van der Waals surface area contributed by atoms with Crippen LogP contribution in [0.25, 0.3) is 16.6 Å². The van der Waals surface area contributed by atoms with Crippen LogP contribution in [0.2, 0.25) is 0 Å². The largest absolute Gasteiger partial charge is 0.350 e. The number of aromatic nitrogens is 2. The van der Waals surface area contributed by atoms with E-state index in [1.54, 1.807) is 18.0 Å². The van der Waals surface area contributed by atoms with E-state index in [1.165, 1.54) is 23.1 Å². The Labute approximate surface area is 237 Å². The number of ether oxygens (including phenoxy) is 2. The third-order valence-corrected chi connectivity index (χ3v) is 8.76. The van der Waals surface area contributed by atoms with Gasteiger partial charge in [-0.15, -0.1) is 0 Å². The molecule has 5 rings (SSSR count). The third kappa shape index (κ3) is 5.94. The number of halogens is 1. The minimum Gasteiger partial charge on any atom is -0.350 e. The van der Waals surface area contributed by atoms with Crippen LogP contribution in [0.4, 0.5) is 4.39 Å². The lowest BCUT2D eigenvalue weighted by molar-refractivity contribution is -0.0515. The second-order valence-electron chi connectivity index (χ2n) is 11.7. The molecule has 2 fully saturated rings. The number of fused-ring (bicyclic) bond motifs is 1. The molecule has 4 heterocycles. The first-order valence-corrected chi connectivity index (χ1v) is 14.8. The van der Waals surface area contributed by atoms with Crippen molar-refractivity contribution in [1.29, 1.82) is 0 Å². The van der Waals surface area contributed by atoms with Gasteiger partial charge in [-0.05, 0) is 94.7 Å². The number of benzene rings is 1. The second kappa shape index (κ2) is 12.4. The maximum Gasteiger partial charge on any atom is 0.256 e. The highest BCUT2D eigenvalue weighted by Gasteiger charge is 2.30. The Hall–Kier alpha value is -2.81. The van der Waals surface area contributed by atoms with Crippen LogP contribution in [0.15, 0.2) is 36.8 Å². The van der Waals surface area contributed by atoms with Crippen LogP contribution in [0.1, 0.15) is 67.9 Å². The summed E-state index contributed by atoms with van der Waals surface area (Å²) in [6, 6.07) is 5.03. The molecule has 7 nitrogen and oxygen atoms in total. The zero-order chi connectivity index (χ0) is 28.4. The van der Waals surface area contributed by atoms with E-state index in [2.05, 4.69) is 29.9 Å². The molecule has 0 spiro atoms. The molecule has 0 N–H and O–H groups in total. The van der Waals surface area contributed by atoms with Crippen molar-refractivity contribution in [1.82, 2.24) is 19.4 Å². The molecule has 0 aliphatic carbocycles. The van der Waals surface area contributed by atoms with Crippen molar-refractivity contribution in [3.8, 4) is 5.69 Å². The van der Waals surface area contributed by atoms with Crippen molar-refractivity contribution in [2.24, 2.45) is 5.92 Å². The smallest absolute Gasteiger partial charge is 0.256 e. The average Bonchev–Trinajstić information content (AvgIpc) is 3.70. The molecular weight excluding hydrogens is 507 g/mol. The number of amides is 1. The SMILES string of the molecule is CCC(CCC1OCCO1)N1CC[C@@H](Cc2cn(-c3ccc(F)cc3C(=O)N(C)C(C)C)c3cncc(C)c23)C1. The summed E-state index contributed by atoms with van der Waals surface area (Å²) < 4.78 is 27.8. The van der Waals surface area contributed by atoms with Crippen molar-refractivity contribution in [2.45, 2.75) is 78.2 Å². The highest BCUT2D eigenvalue weighted by Crippen LogP contribution is 2.33. The Morgan fingerprint density at radius 3 is 2.73 bits per heavy atom. The molecule has 2 aliphatic heterocycles. The summed E-state index contributed by atoms with van der Waals surface area (Å²) in [4.78, 5) is 22.2. The molecule has 216 valence electrons. The Kier molecular flexibility index (Phi) is 8.88. The third-order valence-electron chi connectivity index (χ3n) is 8.76. The second-order valence-corrected chi connectivity index (χ2v) is 11.7. The number of rotatable bonds is 10. The molecule has 0 saturated carbocycles. The van der Waals surface area contributed by atoms with Crippen molar-refractivity contribution in [3.05, 3.63) is 59.3 Å². The van der Waals surface area contributed by atoms with Crippen LogP contribution < -0.4 is 0 Å². The van der Waals surface area contributed by atoms with Gasteiger partial charge in [0.05, 0.1) is 36.2 Å². The van der Waals surface area contributed by atoms with E-state index < -0.39 is 5.82 Å². The van der Waals surface area contributed by atoms with Crippen molar-refractivity contribution in [2.75, 3.05) is 33.4 Å². The molecule has 1 amide bonds. The first kappa shape index (κ1) is 28.7. The standard InChI is InChI=1S/C32H43FN4O3/c1-6-26(8-10-30-39-13-14-40-30)36-12-11-23(19-36)15-24-20-37(29-18-34-17-22(4)31(24)29)28-9-7-25(33)16-27(28)32(38)35(5)21(2)3/h7,9,16-18,20-21,23,26,30H,6,8,10-15,19H2,1-5H3/t23-,26?/m0/s1. The quantitative estimate of drug-likeness (QED) is 0.322. The molecule has 8 heteroatoms.